The molecule has 0 N–H and O–H groups in total. The minimum absolute atomic E-state index is 0.399. The minimum atomic E-state index is -0.399. The van der Waals surface area contributed by atoms with E-state index >= 15 is 0 Å². The Hall–Kier alpha value is -2.49. The Kier molecular flexibility index (Phi) is 6.03. The molecular formula is C19H22O4. The highest BCUT2D eigenvalue weighted by Gasteiger charge is 2.09. The van der Waals surface area contributed by atoms with Gasteiger partial charge in [-0.15, -0.1) is 0 Å². The molecule has 0 radical (unpaired) electrons. The predicted molar refractivity (Wildman–Crippen MR) is 89.3 cm³/mol. The summed E-state index contributed by atoms with van der Waals surface area (Å²) in [5.41, 5.74) is 0.483. The molecule has 0 saturated carbocycles. The SMILES string of the molecule is CCC(C)COc1ccc(C(=O)Oc2ccc(OC)cc2)cc1. The molecule has 4 heteroatoms. The minimum Gasteiger partial charge on any atom is -0.497 e. The Morgan fingerprint density at radius 1 is 0.957 bits per heavy atom. The summed E-state index contributed by atoms with van der Waals surface area (Å²) in [6, 6.07) is 13.9. The molecule has 0 heterocycles. The second-order valence-corrected chi connectivity index (χ2v) is 5.41. The third-order valence-corrected chi connectivity index (χ3v) is 3.59. The van der Waals surface area contributed by atoms with Gasteiger partial charge in [0.05, 0.1) is 19.3 Å². The van der Waals surface area contributed by atoms with Crippen molar-refractivity contribution < 1.29 is 19.0 Å². The van der Waals surface area contributed by atoms with Gasteiger partial charge in [0.25, 0.3) is 0 Å². The van der Waals surface area contributed by atoms with Gasteiger partial charge in [-0.1, -0.05) is 20.3 Å². The van der Waals surface area contributed by atoms with E-state index in [0.717, 1.165) is 12.2 Å². The van der Waals surface area contributed by atoms with Gasteiger partial charge in [-0.3, -0.25) is 0 Å². The van der Waals surface area contributed by atoms with E-state index in [-0.39, 0.29) is 0 Å². The number of hydrogen-bond donors (Lipinski definition) is 0. The van der Waals surface area contributed by atoms with E-state index in [9.17, 15) is 4.79 Å². The fourth-order valence-electron chi connectivity index (χ4n) is 1.85. The van der Waals surface area contributed by atoms with E-state index in [1.54, 1.807) is 55.6 Å². The van der Waals surface area contributed by atoms with Crippen LogP contribution in [0.5, 0.6) is 17.2 Å². The summed E-state index contributed by atoms with van der Waals surface area (Å²) in [5.74, 6) is 2.06. The molecule has 2 aromatic carbocycles. The monoisotopic (exact) mass is 314 g/mol. The first-order chi connectivity index (χ1) is 11.1. The number of ether oxygens (including phenoxy) is 3. The quantitative estimate of drug-likeness (QED) is 0.563. The molecule has 0 aliphatic carbocycles. The van der Waals surface area contributed by atoms with Crippen LogP contribution in [0.3, 0.4) is 0 Å². The van der Waals surface area contributed by atoms with Gasteiger partial charge in [0.1, 0.15) is 17.2 Å². The molecule has 1 atom stereocenters. The zero-order valence-corrected chi connectivity index (χ0v) is 13.7. The van der Waals surface area contributed by atoms with Crippen molar-refractivity contribution in [3.05, 3.63) is 54.1 Å². The summed E-state index contributed by atoms with van der Waals surface area (Å²) in [5, 5.41) is 0. The van der Waals surface area contributed by atoms with Crippen LogP contribution >= 0.6 is 0 Å². The Labute approximate surface area is 137 Å². The number of benzene rings is 2. The van der Waals surface area contributed by atoms with Crippen LogP contribution in [0.25, 0.3) is 0 Å². The van der Waals surface area contributed by atoms with Crippen molar-refractivity contribution in [2.45, 2.75) is 20.3 Å². The molecule has 2 aromatic rings. The molecule has 23 heavy (non-hydrogen) atoms. The van der Waals surface area contributed by atoms with Crippen LogP contribution in [-0.2, 0) is 0 Å². The first-order valence-electron chi connectivity index (χ1n) is 7.71. The zero-order chi connectivity index (χ0) is 16.7. The van der Waals surface area contributed by atoms with Gasteiger partial charge in [-0.05, 0) is 54.4 Å². The summed E-state index contributed by atoms with van der Waals surface area (Å²) in [6.45, 7) is 4.94. The first kappa shape index (κ1) is 16.9. The maximum absolute atomic E-state index is 12.1. The van der Waals surface area contributed by atoms with E-state index in [1.165, 1.54) is 0 Å². The molecule has 0 amide bonds. The number of esters is 1. The maximum atomic E-state index is 12.1. The van der Waals surface area contributed by atoms with Crippen molar-refractivity contribution >= 4 is 5.97 Å². The average molecular weight is 314 g/mol. The molecule has 1 unspecified atom stereocenters. The molecule has 2 rings (SSSR count). The number of rotatable bonds is 7. The van der Waals surface area contributed by atoms with Gasteiger partial charge >= 0.3 is 5.97 Å². The summed E-state index contributed by atoms with van der Waals surface area (Å²) >= 11 is 0. The molecule has 0 aliphatic rings. The highest BCUT2D eigenvalue weighted by atomic mass is 16.5. The van der Waals surface area contributed by atoms with Gasteiger partial charge in [0, 0.05) is 0 Å². The molecule has 0 aliphatic heterocycles. The Balaban J connectivity index is 1.94. The Bertz CT molecular complexity index is 617. The van der Waals surface area contributed by atoms with Crippen LogP contribution in [0.4, 0.5) is 0 Å². The van der Waals surface area contributed by atoms with Gasteiger partial charge in [-0.2, -0.15) is 0 Å². The normalized spacial score (nSPS) is 11.6. The van der Waals surface area contributed by atoms with Gasteiger partial charge in [0.2, 0.25) is 0 Å². The number of carbonyl (C=O) groups is 1. The molecule has 4 nitrogen and oxygen atoms in total. The lowest BCUT2D eigenvalue weighted by molar-refractivity contribution is 0.0734. The van der Waals surface area contributed by atoms with E-state index in [2.05, 4.69) is 13.8 Å². The van der Waals surface area contributed by atoms with E-state index < -0.39 is 5.97 Å². The van der Waals surface area contributed by atoms with Crippen LogP contribution in [0.2, 0.25) is 0 Å². The molecule has 122 valence electrons. The van der Waals surface area contributed by atoms with Crippen molar-refractivity contribution in [1.82, 2.24) is 0 Å². The van der Waals surface area contributed by atoms with Crippen molar-refractivity contribution in [2.75, 3.05) is 13.7 Å². The predicted octanol–water partition coefficient (Wildman–Crippen LogP) is 4.34. The number of hydrogen-bond acceptors (Lipinski definition) is 4. The number of carbonyl (C=O) groups excluding carboxylic acids is 1. The van der Waals surface area contributed by atoms with Gasteiger partial charge < -0.3 is 14.2 Å². The van der Waals surface area contributed by atoms with E-state index in [4.69, 9.17) is 14.2 Å². The lowest BCUT2D eigenvalue weighted by Gasteiger charge is -2.11. The molecule has 0 fully saturated rings. The fraction of sp³-hybridized carbons (Fsp3) is 0.316. The molecule has 0 spiro atoms. The smallest absolute Gasteiger partial charge is 0.343 e. The molecule has 0 bridgehead atoms. The Morgan fingerprint density at radius 2 is 1.52 bits per heavy atom. The lowest BCUT2D eigenvalue weighted by Crippen LogP contribution is -2.09. The Morgan fingerprint density at radius 3 is 2.09 bits per heavy atom. The van der Waals surface area contributed by atoms with Gasteiger partial charge in [0.15, 0.2) is 0 Å². The zero-order valence-electron chi connectivity index (χ0n) is 13.7. The van der Waals surface area contributed by atoms with Gasteiger partial charge in [-0.25, -0.2) is 4.79 Å². The lowest BCUT2D eigenvalue weighted by atomic mass is 10.1. The maximum Gasteiger partial charge on any atom is 0.343 e. The molecular weight excluding hydrogens is 292 g/mol. The van der Waals surface area contributed by atoms with Crippen LogP contribution < -0.4 is 14.2 Å². The topological polar surface area (TPSA) is 44.8 Å². The van der Waals surface area contributed by atoms with Crippen molar-refractivity contribution in [3.8, 4) is 17.2 Å². The summed E-state index contributed by atoms with van der Waals surface area (Å²) < 4.78 is 16.1. The van der Waals surface area contributed by atoms with E-state index in [0.29, 0.717) is 29.6 Å². The average Bonchev–Trinajstić information content (AvgIpc) is 2.60. The van der Waals surface area contributed by atoms with Crippen molar-refractivity contribution in [3.63, 3.8) is 0 Å². The third kappa shape index (κ3) is 5.02. The molecule has 0 aromatic heterocycles. The fourth-order valence-corrected chi connectivity index (χ4v) is 1.85. The summed E-state index contributed by atoms with van der Waals surface area (Å²) in [7, 11) is 1.59. The van der Waals surface area contributed by atoms with Crippen molar-refractivity contribution in [1.29, 1.82) is 0 Å². The van der Waals surface area contributed by atoms with Crippen LogP contribution in [0, 0.1) is 5.92 Å². The first-order valence-corrected chi connectivity index (χ1v) is 7.71. The summed E-state index contributed by atoms with van der Waals surface area (Å²) in [6.07, 6.45) is 1.08. The van der Waals surface area contributed by atoms with Crippen LogP contribution in [0.1, 0.15) is 30.6 Å². The highest BCUT2D eigenvalue weighted by Crippen LogP contribution is 2.19. The number of methoxy groups -OCH3 is 1. The molecule has 0 saturated heterocycles. The van der Waals surface area contributed by atoms with E-state index in [1.807, 2.05) is 0 Å². The van der Waals surface area contributed by atoms with Crippen LogP contribution in [0.15, 0.2) is 48.5 Å². The highest BCUT2D eigenvalue weighted by molar-refractivity contribution is 5.91. The van der Waals surface area contributed by atoms with Crippen LogP contribution in [-0.4, -0.2) is 19.7 Å². The second-order valence-electron chi connectivity index (χ2n) is 5.41. The standard InChI is InChI=1S/C19H22O4/c1-4-14(2)13-22-17-7-5-15(6-8-17)19(20)23-18-11-9-16(21-3)10-12-18/h5-12,14H,4,13H2,1-3H3. The van der Waals surface area contributed by atoms with Crippen molar-refractivity contribution in [2.24, 2.45) is 5.92 Å². The largest absolute Gasteiger partial charge is 0.497 e. The summed E-state index contributed by atoms with van der Waals surface area (Å²) in [4.78, 5) is 12.1. The second kappa shape index (κ2) is 8.22. The third-order valence-electron chi connectivity index (χ3n) is 3.59.